The van der Waals surface area contributed by atoms with Crippen molar-refractivity contribution in [3.63, 3.8) is 0 Å². The lowest BCUT2D eigenvalue weighted by Crippen LogP contribution is -2.14. The molecule has 0 amide bonds. The van der Waals surface area contributed by atoms with E-state index in [0.29, 0.717) is 0 Å². The van der Waals surface area contributed by atoms with Crippen LogP contribution in [-0.2, 0) is 5.41 Å². The van der Waals surface area contributed by atoms with Gasteiger partial charge in [-0.3, -0.25) is 0 Å². The highest BCUT2D eigenvalue weighted by Gasteiger charge is 2.41. The molecule has 0 aliphatic heterocycles. The minimum absolute atomic E-state index is 0.0591. The molecule has 0 unspecified atom stereocenters. The molecular weight excluding hydrogens is 386 g/mol. The Bertz CT molecular complexity index is 1700. The third-order valence-electron chi connectivity index (χ3n) is 7.33. The molecule has 0 radical (unpaired) electrons. The van der Waals surface area contributed by atoms with Crippen LogP contribution in [0.3, 0.4) is 0 Å². The summed E-state index contributed by atoms with van der Waals surface area (Å²) in [4.78, 5) is 0. The van der Waals surface area contributed by atoms with Crippen molar-refractivity contribution in [1.82, 2.24) is 4.57 Å². The zero-order valence-electron chi connectivity index (χ0n) is 18.3. The van der Waals surface area contributed by atoms with Gasteiger partial charge in [0.15, 0.2) is 0 Å². The molecular formula is C31H23N. The van der Waals surface area contributed by atoms with Gasteiger partial charge in [0.2, 0.25) is 0 Å². The zero-order valence-corrected chi connectivity index (χ0v) is 18.3. The van der Waals surface area contributed by atoms with Gasteiger partial charge >= 0.3 is 0 Å². The Morgan fingerprint density at radius 2 is 1.25 bits per heavy atom. The van der Waals surface area contributed by atoms with Crippen LogP contribution in [0.1, 0.15) is 25.0 Å². The highest BCUT2D eigenvalue weighted by atomic mass is 15.0. The molecule has 1 heterocycles. The molecule has 1 nitrogen and oxygen atoms in total. The van der Waals surface area contributed by atoms with Crippen LogP contribution in [0.15, 0.2) is 103 Å². The Labute approximate surface area is 187 Å². The molecule has 1 aliphatic rings. The van der Waals surface area contributed by atoms with E-state index < -0.39 is 0 Å². The van der Waals surface area contributed by atoms with Crippen molar-refractivity contribution in [3.05, 3.63) is 114 Å². The fourth-order valence-corrected chi connectivity index (χ4v) is 5.88. The van der Waals surface area contributed by atoms with Crippen molar-refractivity contribution in [1.29, 1.82) is 0 Å². The summed E-state index contributed by atoms with van der Waals surface area (Å²) in [6, 6.07) is 37.8. The second-order valence-corrected chi connectivity index (χ2v) is 9.44. The molecule has 0 saturated heterocycles. The van der Waals surface area contributed by atoms with Crippen molar-refractivity contribution in [2.75, 3.05) is 0 Å². The molecule has 5 aromatic carbocycles. The molecule has 0 N–H and O–H groups in total. The van der Waals surface area contributed by atoms with Gasteiger partial charge in [-0.05, 0) is 50.9 Å². The summed E-state index contributed by atoms with van der Waals surface area (Å²) in [7, 11) is 0. The van der Waals surface area contributed by atoms with E-state index in [4.69, 9.17) is 0 Å². The van der Waals surface area contributed by atoms with Gasteiger partial charge in [-0.2, -0.15) is 0 Å². The van der Waals surface area contributed by atoms with E-state index in [0.717, 1.165) is 0 Å². The van der Waals surface area contributed by atoms with Crippen LogP contribution in [-0.4, -0.2) is 4.57 Å². The summed E-state index contributed by atoms with van der Waals surface area (Å²) >= 11 is 0. The predicted molar refractivity (Wildman–Crippen MR) is 136 cm³/mol. The number of benzene rings is 5. The van der Waals surface area contributed by atoms with E-state index in [1.54, 1.807) is 0 Å². The Morgan fingerprint density at radius 3 is 2.09 bits per heavy atom. The normalized spacial score (nSPS) is 14.2. The Balaban J connectivity index is 1.69. The van der Waals surface area contributed by atoms with Crippen LogP contribution >= 0.6 is 0 Å². The average Bonchev–Trinajstić information content (AvgIpc) is 3.29. The van der Waals surface area contributed by atoms with Crippen molar-refractivity contribution in [2.45, 2.75) is 19.3 Å². The Kier molecular flexibility index (Phi) is 3.40. The molecule has 6 aromatic rings. The Morgan fingerprint density at radius 1 is 0.594 bits per heavy atom. The SMILES string of the molecule is CC1(C)c2ccc3ccccc3c2-c2c1c1ccccc1n2-c1ccc2ccccc2c1. The largest absolute Gasteiger partial charge is 0.309 e. The quantitative estimate of drug-likeness (QED) is 0.258. The first-order chi connectivity index (χ1) is 15.6. The first-order valence-electron chi connectivity index (χ1n) is 11.3. The molecule has 152 valence electrons. The van der Waals surface area contributed by atoms with Crippen molar-refractivity contribution >= 4 is 32.4 Å². The monoisotopic (exact) mass is 409 g/mol. The lowest BCUT2D eigenvalue weighted by molar-refractivity contribution is 0.667. The fourth-order valence-electron chi connectivity index (χ4n) is 5.88. The predicted octanol–water partition coefficient (Wildman–Crippen LogP) is 8.24. The van der Waals surface area contributed by atoms with Gasteiger partial charge in [-0.25, -0.2) is 0 Å². The summed E-state index contributed by atoms with van der Waals surface area (Å²) < 4.78 is 2.50. The summed E-state index contributed by atoms with van der Waals surface area (Å²) in [6.45, 7) is 4.76. The number of hydrogen-bond donors (Lipinski definition) is 0. The summed E-state index contributed by atoms with van der Waals surface area (Å²) in [6.07, 6.45) is 0. The molecule has 1 heteroatoms. The number of hydrogen-bond acceptors (Lipinski definition) is 0. The lowest BCUT2D eigenvalue weighted by atomic mass is 9.81. The summed E-state index contributed by atoms with van der Waals surface area (Å²) in [5.41, 5.74) is 8.02. The fraction of sp³-hybridized carbons (Fsp3) is 0.0968. The molecule has 7 rings (SSSR count). The van der Waals surface area contributed by atoms with Crippen molar-refractivity contribution in [2.24, 2.45) is 0 Å². The van der Waals surface area contributed by atoms with E-state index in [1.807, 2.05) is 0 Å². The van der Waals surface area contributed by atoms with E-state index in [1.165, 1.54) is 60.5 Å². The third-order valence-corrected chi connectivity index (χ3v) is 7.33. The highest BCUT2D eigenvalue weighted by molar-refractivity contribution is 6.08. The minimum atomic E-state index is -0.0591. The van der Waals surface area contributed by atoms with E-state index >= 15 is 0 Å². The maximum atomic E-state index is 2.50. The second kappa shape index (κ2) is 6.11. The Hall–Kier alpha value is -3.84. The number of para-hydroxylation sites is 1. The molecule has 32 heavy (non-hydrogen) atoms. The summed E-state index contributed by atoms with van der Waals surface area (Å²) in [5.74, 6) is 0. The molecule has 0 atom stereocenters. The van der Waals surface area contributed by atoms with E-state index in [9.17, 15) is 0 Å². The number of rotatable bonds is 1. The van der Waals surface area contributed by atoms with Gasteiger partial charge in [-0.15, -0.1) is 0 Å². The number of fused-ring (bicyclic) bond motifs is 8. The van der Waals surface area contributed by atoms with Crippen LogP contribution in [0.25, 0.3) is 49.4 Å². The third kappa shape index (κ3) is 2.18. The molecule has 1 aromatic heterocycles. The van der Waals surface area contributed by atoms with Gasteiger partial charge in [0.1, 0.15) is 0 Å². The van der Waals surface area contributed by atoms with Gasteiger partial charge < -0.3 is 4.57 Å². The highest BCUT2D eigenvalue weighted by Crippen LogP contribution is 2.55. The smallest absolute Gasteiger partial charge is 0.0591 e. The average molecular weight is 410 g/mol. The minimum Gasteiger partial charge on any atom is -0.309 e. The van der Waals surface area contributed by atoms with Crippen molar-refractivity contribution in [3.8, 4) is 16.9 Å². The first-order valence-corrected chi connectivity index (χ1v) is 11.3. The van der Waals surface area contributed by atoms with Gasteiger partial charge in [0, 0.05) is 22.1 Å². The maximum absolute atomic E-state index is 2.50. The van der Waals surface area contributed by atoms with Crippen LogP contribution < -0.4 is 0 Å². The van der Waals surface area contributed by atoms with Gasteiger partial charge in [0.25, 0.3) is 0 Å². The van der Waals surface area contributed by atoms with Gasteiger partial charge in [0.05, 0.1) is 11.2 Å². The van der Waals surface area contributed by atoms with Crippen LogP contribution in [0.2, 0.25) is 0 Å². The van der Waals surface area contributed by atoms with Crippen LogP contribution in [0.4, 0.5) is 0 Å². The first kappa shape index (κ1) is 17.8. The maximum Gasteiger partial charge on any atom is 0.0591 e. The molecule has 0 bridgehead atoms. The molecule has 1 aliphatic carbocycles. The van der Waals surface area contributed by atoms with Crippen LogP contribution in [0.5, 0.6) is 0 Å². The molecule has 0 fully saturated rings. The van der Waals surface area contributed by atoms with E-state index in [-0.39, 0.29) is 5.41 Å². The van der Waals surface area contributed by atoms with Crippen LogP contribution in [0, 0.1) is 0 Å². The number of nitrogens with zero attached hydrogens (tertiary/aromatic N) is 1. The van der Waals surface area contributed by atoms with Gasteiger partial charge in [-0.1, -0.05) is 98.8 Å². The lowest BCUT2D eigenvalue weighted by Gasteiger charge is -2.21. The standard InChI is InChI=1S/C31H23N/c1-31(2)26-18-16-21-10-5-6-12-24(21)28(26)30-29(31)25-13-7-8-14-27(25)32(30)23-17-15-20-9-3-4-11-22(20)19-23/h3-19H,1-2H3. The second-order valence-electron chi connectivity index (χ2n) is 9.44. The molecule has 0 saturated carbocycles. The molecule has 0 spiro atoms. The topological polar surface area (TPSA) is 4.93 Å². The summed E-state index contributed by atoms with van der Waals surface area (Å²) in [5, 5.41) is 6.52. The zero-order chi connectivity index (χ0) is 21.4. The number of aromatic nitrogens is 1. The van der Waals surface area contributed by atoms with Crippen molar-refractivity contribution < 1.29 is 0 Å². The van der Waals surface area contributed by atoms with E-state index in [2.05, 4.69) is 122 Å².